The van der Waals surface area contributed by atoms with Gasteiger partial charge in [-0.15, -0.1) is 0 Å². The summed E-state index contributed by atoms with van der Waals surface area (Å²) in [6.07, 6.45) is 4.07. The molecule has 1 saturated heterocycles. The number of benzene rings is 2. The van der Waals surface area contributed by atoms with Crippen molar-refractivity contribution < 1.29 is 9.53 Å². The van der Waals surface area contributed by atoms with Crippen molar-refractivity contribution in [1.82, 2.24) is 24.6 Å². The maximum atomic E-state index is 12.3. The van der Waals surface area contributed by atoms with Crippen LogP contribution in [0.3, 0.4) is 0 Å². The predicted octanol–water partition coefficient (Wildman–Crippen LogP) is 3.29. The van der Waals surface area contributed by atoms with Gasteiger partial charge in [0.05, 0.1) is 11.9 Å². The highest BCUT2D eigenvalue weighted by Crippen LogP contribution is 2.35. The molecule has 1 aliphatic heterocycles. The predicted molar refractivity (Wildman–Crippen MR) is 130 cm³/mol. The number of amides is 1. The Morgan fingerprint density at radius 2 is 1.82 bits per heavy atom. The second-order valence-corrected chi connectivity index (χ2v) is 8.33. The molecule has 0 saturated carbocycles. The van der Waals surface area contributed by atoms with Gasteiger partial charge < -0.3 is 21.1 Å². The van der Waals surface area contributed by atoms with E-state index >= 15 is 0 Å². The molecule has 9 nitrogen and oxygen atoms in total. The highest BCUT2D eigenvalue weighted by atomic mass is 16.5. The van der Waals surface area contributed by atoms with Gasteiger partial charge in [0.25, 0.3) is 0 Å². The molecule has 4 aromatic rings. The van der Waals surface area contributed by atoms with Crippen LogP contribution in [0.1, 0.15) is 12.8 Å². The highest BCUT2D eigenvalue weighted by Gasteiger charge is 2.38. The maximum Gasteiger partial charge on any atom is 0.246 e. The number of aromatic nitrogens is 4. The van der Waals surface area contributed by atoms with Crippen molar-refractivity contribution in [3.8, 4) is 22.8 Å². The number of hydrogen-bond acceptors (Lipinski definition) is 7. The molecule has 2 aromatic heterocycles. The van der Waals surface area contributed by atoms with E-state index in [1.807, 2.05) is 54.6 Å². The Balaban J connectivity index is 1.54. The SMILES string of the molecule is C=CC(=O)N1CCC[C@@](N)(n2nc(-c3ccc(Oc4ccccc4)cc3)c3c(N)ncnc32)C1. The molecule has 2 aromatic carbocycles. The van der Waals surface area contributed by atoms with Gasteiger partial charge in [0, 0.05) is 12.1 Å². The third-order valence-corrected chi connectivity index (χ3v) is 6.01. The molecule has 34 heavy (non-hydrogen) atoms. The van der Waals surface area contributed by atoms with Crippen LogP contribution >= 0.6 is 0 Å². The molecule has 5 rings (SSSR count). The standard InChI is InChI=1S/C25H25N7O2/c1-2-20(33)31-14-6-13-25(27,15-31)32-24-21(23(26)28-16-29-24)22(30-32)17-9-11-19(12-10-17)34-18-7-4-3-5-8-18/h2-5,7-12,16H,1,6,13-15,27H2,(H2,26,28,29)/t25-/m1/s1. The summed E-state index contributed by atoms with van der Waals surface area (Å²) in [4.78, 5) is 22.6. The molecule has 0 radical (unpaired) electrons. The van der Waals surface area contributed by atoms with Gasteiger partial charge in [0.15, 0.2) is 5.65 Å². The first-order valence-corrected chi connectivity index (χ1v) is 11.0. The van der Waals surface area contributed by atoms with E-state index in [2.05, 4.69) is 16.5 Å². The number of rotatable bonds is 5. The van der Waals surface area contributed by atoms with Crippen molar-refractivity contribution in [2.24, 2.45) is 5.73 Å². The monoisotopic (exact) mass is 455 g/mol. The molecule has 3 heterocycles. The van der Waals surface area contributed by atoms with Gasteiger partial charge in [-0.3, -0.25) is 4.79 Å². The lowest BCUT2D eigenvalue weighted by Crippen LogP contribution is -2.57. The minimum absolute atomic E-state index is 0.158. The van der Waals surface area contributed by atoms with Gasteiger partial charge >= 0.3 is 0 Å². The van der Waals surface area contributed by atoms with E-state index < -0.39 is 5.66 Å². The zero-order valence-electron chi connectivity index (χ0n) is 18.6. The number of ether oxygens (including phenoxy) is 1. The number of likely N-dealkylation sites (tertiary alicyclic amines) is 1. The fourth-order valence-electron chi connectivity index (χ4n) is 4.35. The third-order valence-electron chi connectivity index (χ3n) is 6.01. The van der Waals surface area contributed by atoms with Crippen LogP contribution in [0.15, 0.2) is 73.6 Å². The van der Waals surface area contributed by atoms with Gasteiger partial charge in [-0.05, 0) is 55.3 Å². The Bertz CT molecular complexity index is 1350. The van der Waals surface area contributed by atoms with Gasteiger partial charge in [0.2, 0.25) is 5.91 Å². The van der Waals surface area contributed by atoms with Crippen molar-refractivity contribution in [3.63, 3.8) is 0 Å². The van der Waals surface area contributed by atoms with E-state index in [-0.39, 0.29) is 5.91 Å². The minimum atomic E-state index is -0.940. The molecular weight excluding hydrogens is 430 g/mol. The first-order chi connectivity index (χ1) is 16.5. The van der Waals surface area contributed by atoms with E-state index in [0.717, 1.165) is 17.7 Å². The summed E-state index contributed by atoms with van der Waals surface area (Å²) in [7, 11) is 0. The first-order valence-electron chi connectivity index (χ1n) is 11.0. The summed E-state index contributed by atoms with van der Waals surface area (Å²) in [6, 6.07) is 17.1. The van der Waals surface area contributed by atoms with Crippen molar-refractivity contribution in [2.45, 2.75) is 18.5 Å². The normalized spacial score (nSPS) is 18.1. The second kappa shape index (κ2) is 8.60. The van der Waals surface area contributed by atoms with Crippen molar-refractivity contribution in [1.29, 1.82) is 0 Å². The average molecular weight is 456 g/mol. The number of fused-ring (bicyclic) bond motifs is 1. The lowest BCUT2D eigenvalue weighted by molar-refractivity contribution is -0.129. The van der Waals surface area contributed by atoms with Crippen LogP contribution in [0.4, 0.5) is 5.82 Å². The first kappa shape index (κ1) is 21.6. The number of anilines is 1. The molecule has 0 unspecified atom stereocenters. The Morgan fingerprint density at radius 3 is 2.56 bits per heavy atom. The van der Waals surface area contributed by atoms with Crippen LogP contribution in [0.2, 0.25) is 0 Å². The quantitative estimate of drug-likeness (QED) is 0.442. The molecule has 1 atom stereocenters. The van der Waals surface area contributed by atoms with Crippen LogP contribution < -0.4 is 16.2 Å². The topological polar surface area (TPSA) is 125 Å². The lowest BCUT2D eigenvalue weighted by atomic mass is 9.99. The number of nitrogen functional groups attached to an aromatic ring is 1. The number of nitrogens with two attached hydrogens (primary N) is 2. The smallest absolute Gasteiger partial charge is 0.246 e. The fraction of sp³-hybridized carbons (Fsp3) is 0.200. The van der Waals surface area contributed by atoms with Crippen LogP contribution in [0.5, 0.6) is 11.5 Å². The molecule has 1 fully saturated rings. The highest BCUT2D eigenvalue weighted by molar-refractivity contribution is 5.98. The van der Waals surface area contributed by atoms with Gasteiger partial charge in [-0.2, -0.15) is 5.10 Å². The third kappa shape index (κ3) is 3.86. The van der Waals surface area contributed by atoms with Crippen LogP contribution in [0.25, 0.3) is 22.3 Å². The summed E-state index contributed by atoms with van der Waals surface area (Å²) in [5.41, 5.74) is 14.1. The molecule has 0 spiro atoms. The summed E-state index contributed by atoms with van der Waals surface area (Å²) in [6.45, 7) is 4.51. The largest absolute Gasteiger partial charge is 0.457 e. The number of carbonyl (C=O) groups excluding carboxylic acids is 1. The molecule has 4 N–H and O–H groups in total. The summed E-state index contributed by atoms with van der Waals surface area (Å²) in [5.74, 6) is 1.61. The maximum absolute atomic E-state index is 12.3. The summed E-state index contributed by atoms with van der Waals surface area (Å²) >= 11 is 0. The van der Waals surface area contributed by atoms with E-state index in [9.17, 15) is 4.79 Å². The van der Waals surface area contributed by atoms with E-state index in [1.165, 1.54) is 12.4 Å². The lowest BCUT2D eigenvalue weighted by Gasteiger charge is -2.40. The van der Waals surface area contributed by atoms with Crippen LogP contribution in [0, 0.1) is 0 Å². The Labute approximate surface area is 196 Å². The second-order valence-electron chi connectivity index (χ2n) is 8.33. The summed E-state index contributed by atoms with van der Waals surface area (Å²) in [5, 5.41) is 5.48. The van der Waals surface area contributed by atoms with Crippen LogP contribution in [-0.4, -0.2) is 43.6 Å². The Morgan fingerprint density at radius 1 is 1.09 bits per heavy atom. The molecular formula is C25H25N7O2. The Hall–Kier alpha value is -4.24. The zero-order valence-corrected chi connectivity index (χ0v) is 18.6. The van der Waals surface area contributed by atoms with E-state index in [1.54, 1.807) is 9.58 Å². The molecule has 1 aliphatic rings. The number of para-hydroxylation sites is 1. The average Bonchev–Trinajstić information content (AvgIpc) is 3.27. The van der Waals surface area contributed by atoms with Gasteiger partial charge in [0.1, 0.15) is 35.0 Å². The molecule has 9 heteroatoms. The number of nitrogens with zero attached hydrogens (tertiary/aromatic N) is 5. The van der Waals surface area contributed by atoms with Crippen LogP contribution in [-0.2, 0) is 10.5 Å². The number of hydrogen-bond donors (Lipinski definition) is 2. The molecule has 172 valence electrons. The zero-order chi connectivity index (χ0) is 23.7. The number of piperidine rings is 1. The van der Waals surface area contributed by atoms with Crippen molar-refractivity contribution >= 4 is 22.8 Å². The van der Waals surface area contributed by atoms with Gasteiger partial charge in [-0.25, -0.2) is 14.6 Å². The van der Waals surface area contributed by atoms with E-state index in [4.69, 9.17) is 21.3 Å². The number of carbonyl (C=O) groups is 1. The molecule has 0 aliphatic carbocycles. The van der Waals surface area contributed by atoms with Gasteiger partial charge in [-0.1, -0.05) is 24.8 Å². The fourth-order valence-corrected chi connectivity index (χ4v) is 4.35. The minimum Gasteiger partial charge on any atom is -0.457 e. The molecule has 1 amide bonds. The van der Waals surface area contributed by atoms with Crippen molar-refractivity contribution in [3.05, 3.63) is 73.6 Å². The Kier molecular flexibility index (Phi) is 5.46. The summed E-state index contributed by atoms with van der Waals surface area (Å²) < 4.78 is 7.59. The van der Waals surface area contributed by atoms with Crippen molar-refractivity contribution in [2.75, 3.05) is 18.8 Å². The molecule has 0 bridgehead atoms. The van der Waals surface area contributed by atoms with E-state index in [0.29, 0.717) is 47.8 Å².